The maximum atomic E-state index is 12.5. The van der Waals surface area contributed by atoms with Gasteiger partial charge in [0, 0.05) is 23.6 Å². The fourth-order valence-corrected chi connectivity index (χ4v) is 4.04. The Morgan fingerprint density at radius 2 is 1.97 bits per heavy atom. The topological polar surface area (TPSA) is 114 Å². The van der Waals surface area contributed by atoms with Crippen LogP contribution < -0.4 is 4.90 Å². The van der Waals surface area contributed by atoms with Crippen LogP contribution in [0.4, 0.5) is 11.4 Å². The second kappa shape index (κ2) is 8.16. The van der Waals surface area contributed by atoms with Crippen LogP contribution in [0.15, 0.2) is 58.0 Å². The Morgan fingerprint density at radius 3 is 2.62 bits per heavy atom. The fraction of sp³-hybridized carbons (Fsp3) is 0.150. The molecule has 0 fully saturated rings. The van der Waals surface area contributed by atoms with Gasteiger partial charge in [0.1, 0.15) is 16.7 Å². The van der Waals surface area contributed by atoms with E-state index in [1.807, 2.05) is 30.3 Å². The summed E-state index contributed by atoms with van der Waals surface area (Å²) in [6.45, 7) is 0.790. The zero-order valence-corrected chi connectivity index (χ0v) is 16.4. The molecule has 0 aliphatic carbocycles. The lowest BCUT2D eigenvalue weighted by Gasteiger charge is -2.14. The molecule has 0 radical (unpaired) electrons. The highest BCUT2D eigenvalue weighted by Crippen LogP contribution is 2.46. The Bertz CT molecular complexity index is 1100. The molecule has 2 aromatic rings. The molecule has 3 rings (SSSR count). The zero-order chi connectivity index (χ0) is 21.1. The number of nitrogens with zero attached hydrogens (tertiary/aromatic N) is 3. The van der Waals surface area contributed by atoms with Gasteiger partial charge in [0.15, 0.2) is 6.61 Å². The number of thioether (sulfide) groups is 1. The molecule has 146 valence electrons. The van der Waals surface area contributed by atoms with Crippen molar-refractivity contribution < 1.29 is 19.2 Å². The van der Waals surface area contributed by atoms with Gasteiger partial charge in [-0.1, -0.05) is 30.0 Å². The number of Topliss-reactive ketones (excluding diaryl/α,β-unsaturated/α-hetero) is 1. The van der Waals surface area contributed by atoms with Crippen molar-refractivity contribution in [2.24, 2.45) is 0 Å². The first-order valence-electron chi connectivity index (χ1n) is 8.44. The summed E-state index contributed by atoms with van der Waals surface area (Å²) in [4.78, 5) is 37.9. The van der Waals surface area contributed by atoms with E-state index >= 15 is 0 Å². The predicted molar refractivity (Wildman–Crippen MR) is 106 cm³/mol. The number of anilines is 1. The molecule has 0 aromatic heterocycles. The minimum atomic E-state index is -0.863. The molecule has 29 heavy (non-hydrogen) atoms. The van der Waals surface area contributed by atoms with E-state index in [-0.39, 0.29) is 22.4 Å². The highest BCUT2D eigenvalue weighted by molar-refractivity contribution is 8.03. The molecular weight excluding hydrogens is 394 g/mol. The first-order chi connectivity index (χ1) is 13.8. The number of benzene rings is 2. The summed E-state index contributed by atoms with van der Waals surface area (Å²) in [6, 6.07) is 13.4. The summed E-state index contributed by atoms with van der Waals surface area (Å²) in [5.41, 5.74) is 0.690. The summed E-state index contributed by atoms with van der Waals surface area (Å²) >= 11 is 1.29. The number of carbonyl (C=O) groups is 2. The number of hydrogen-bond acceptors (Lipinski definition) is 8. The highest BCUT2D eigenvalue weighted by Gasteiger charge is 2.28. The number of nitro benzene ring substituents is 1. The molecule has 2 aromatic carbocycles. The summed E-state index contributed by atoms with van der Waals surface area (Å²) < 4.78 is 5.04. The van der Waals surface area contributed by atoms with Gasteiger partial charge in [-0.15, -0.1) is 0 Å². The van der Waals surface area contributed by atoms with Crippen molar-refractivity contribution in [1.29, 1.82) is 5.26 Å². The van der Waals surface area contributed by atoms with Gasteiger partial charge in [0.2, 0.25) is 5.78 Å². The number of para-hydroxylation sites is 1. The van der Waals surface area contributed by atoms with Crippen LogP contribution in [0, 0.1) is 28.4 Å². The molecule has 0 atom stereocenters. The van der Waals surface area contributed by atoms with Gasteiger partial charge >= 0.3 is 5.97 Å². The van der Waals surface area contributed by atoms with Crippen molar-refractivity contribution >= 4 is 34.9 Å². The normalized spacial score (nSPS) is 14.0. The number of rotatable bonds is 5. The van der Waals surface area contributed by atoms with E-state index in [4.69, 9.17) is 4.74 Å². The van der Waals surface area contributed by atoms with Gasteiger partial charge in [0.05, 0.1) is 16.2 Å². The summed E-state index contributed by atoms with van der Waals surface area (Å²) in [7, 11) is 1.75. The molecular formula is C20H15N3O5S. The van der Waals surface area contributed by atoms with E-state index in [0.29, 0.717) is 5.03 Å². The lowest BCUT2D eigenvalue weighted by atomic mass is 10.1. The van der Waals surface area contributed by atoms with Gasteiger partial charge in [-0.3, -0.25) is 14.9 Å². The largest absolute Gasteiger partial charge is 0.454 e. The molecule has 0 N–H and O–H groups in total. The molecule has 0 spiro atoms. The van der Waals surface area contributed by atoms with Gasteiger partial charge in [-0.25, -0.2) is 4.79 Å². The van der Waals surface area contributed by atoms with Crippen LogP contribution in [0.3, 0.4) is 0 Å². The quantitative estimate of drug-likeness (QED) is 0.242. The molecule has 9 heteroatoms. The molecule has 8 nitrogen and oxygen atoms in total. The molecule has 1 aliphatic rings. The van der Waals surface area contributed by atoms with Crippen LogP contribution in [-0.2, 0) is 9.53 Å². The van der Waals surface area contributed by atoms with Crippen molar-refractivity contribution in [3.05, 3.63) is 74.3 Å². The van der Waals surface area contributed by atoms with E-state index in [9.17, 15) is 25.0 Å². The second-order valence-corrected chi connectivity index (χ2v) is 7.16. The number of hydrogen-bond donors (Lipinski definition) is 0. The second-order valence-electron chi connectivity index (χ2n) is 6.13. The van der Waals surface area contributed by atoms with Crippen LogP contribution >= 0.6 is 11.8 Å². The number of carbonyl (C=O) groups excluding carboxylic acids is 2. The Balaban J connectivity index is 1.77. The number of fused-ring (bicyclic) bond motifs is 1. The maximum absolute atomic E-state index is 12.5. The molecule has 0 unspecified atom stereocenters. The van der Waals surface area contributed by atoms with Crippen molar-refractivity contribution in [2.75, 3.05) is 18.6 Å². The average molecular weight is 409 g/mol. The summed E-state index contributed by atoms with van der Waals surface area (Å²) in [5, 5.41) is 21.0. The first-order valence-corrected chi connectivity index (χ1v) is 9.26. The van der Waals surface area contributed by atoms with Crippen LogP contribution in [0.1, 0.15) is 15.9 Å². The van der Waals surface area contributed by atoms with Crippen molar-refractivity contribution in [2.45, 2.75) is 11.8 Å². The summed E-state index contributed by atoms with van der Waals surface area (Å²) in [6.07, 6.45) is 0. The molecule has 0 bridgehead atoms. The Kier molecular flexibility index (Phi) is 5.66. The average Bonchev–Trinajstić information content (AvgIpc) is 3.03. The van der Waals surface area contributed by atoms with Crippen LogP contribution in [-0.4, -0.2) is 30.3 Å². The van der Waals surface area contributed by atoms with E-state index in [1.165, 1.54) is 36.9 Å². The SMILES string of the molecule is Cc1c(C(=O)OCC(=O)/C(C#N)=C2\Sc3ccccc3N2C)cccc1[N+](=O)[O-]. The number of nitriles is 1. The van der Waals surface area contributed by atoms with Crippen LogP contribution in [0.5, 0.6) is 0 Å². The Morgan fingerprint density at radius 1 is 1.24 bits per heavy atom. The van der Waals surface area contributed by atoms with Crippen molar-refractivity contribution in [3.8, 4) is 6.07 Å². The molecule has 1 aliphatic heterocycles. The monoisotopic (exact) mass is 409 g/mol. The van der Waals surface area contributed by atoms with Crippen LogP contribution in [0.2, 0.25) is 0 Å². The minimum Gasteiger partial charge on any atom is -0.454 e. The summed E-state index contributed by atoms with van der Waals surface area (Å²) in [5.74, 6) is -1.51. The van der Waals surface area contributed by atoms with E-state index in [1.54, 1.807) is 11.9 Å². The third-order valence-corrected chi connectivity index (χ3v) is 5.64. The number of ketones is 1. The smallest absolute Gasteiger partial charge is 0.339 e. The van der Waals surface area contributed by atoms with E-state index in [2.05, 4.69) is 0 Å². The van der Waals surface area contributed by atoms with Crippen molar-refractivity contribution in [3.63, 3.8) is 0 Å². The third-order valence-electron chi connectivity index (χ3n) is 4.40. The first kappa shape index (κ1) is 20.1. The van der Waals surface area contributed by atoms with Gasteiger partial charge in [-0.2, -0.15) is 5.26 Å². The maximum Gasteiger partial charge on any atom is 0.339 e. The van der Waals surface area contributed by atoms with Gasteiger partial charge in [-0.05, 0) is 25.1 Å². The fourth-order valence-electron chi connectivity index (χ4n) is 2.87. The number of nitro groups is 1. The molecule has 0 saturated heterocycles. The minimum absolute atomic E-state index is 0.00192. The predicted octanol–water partition coefficient (Wildman–Crippen LogP) is 3.61. The number of ether oxygens (including phenoxy) is 1. The number of esters is 1. The van der Waals surface area contributed by atoms with Crippen LogP contribution in [0.25, 0.3) is 0 Å². The third kappa shape index (κ3) is 3.83. The molecule has 1 heterocycles. The van der Waals surface area contributed by atoms with Crippen molar-refractivity contribution in [1.82, 2.24) is 0 Å². The molecule has 0 saturated carbocycles. The van der Waals surface area contributed by atoms with E-state index < -0.39 is 23.3 Å². The Hall–Kier alpha value is -3.64. The highest BCUT2D eigenvalue weighted by atomic mass is 32.2. The van der Waals surface area contributed by atoms with E-state index in [0.717, 1.165) is 10.6 Å². The standard InChI is InChI=1S/C20H15N3O5S/c1-12-13(6-5-8-15(12)23(26)27)20(25)28-11-17(24)14(10-21)19-22(2)16-7-3-4-9-18(16)29-19/h3-9H,11H2,1-2H3/b19-14-. The zero-order valence-electron chi connectivity index (χ0n) is 15.5. The molecule has 0 amide bonds. The lowest BCUT2D eigenvalue weighted by Crippen LogP contribution is -2.20. The lowest BCUT2D eigenvalue weighted by molar-refractivity contribution is -0.385. The van der Waals surface area contributed by atoms with Gasteiger partial charge < -0.3 is 9.64 Å². The Labute approximate surface area is 170 Å². The van der Waals surface area contributed by atoms with Gasteiger partial charge in [0.25, 0.3) is 5.69 Å².